The maximum atomic E-state index is 13.7. The molecule has 8 nitrogen and oxygen atoms in total. The zero-order valence-electron chi connectivity index (χ0n) is 19.1. The number of amides is 1. The van der Waals surface area contributed by atoms with Crippen molar-refractivity contribution >= 4 is 44.9 Å². The smallest absolute Gasteiger partial charge is 0.297 e. The van der Waals surface area contributed by atoms with Gasteiger partial charge >= 0.3 is 0 Å². The topological polar surface area (TPSA) is 94.8 Å². The van der Waals surface area contributed by atoms with Crippen molar-refractivity contribution in [2.45, 2.75) is 32.7 Å². The van der Waals surface area contributed by atoms with E-state index in [0.717, 1.165) is 12.8 Å². The molecule has 0 saturated carbocycles. The zero-order chi connectivity index (χ0) is 24.5. The van der Waals surface area contributed by atoms with Gasteiger partial charge in [0, 0.05) is 5.02 Å². The molecule has 0 N–H and O–H groups in total. The second-order valence-corrected chi connectivity index (χ2v) is 9.20. The number of anilines is 1. The number of fused-ring (bicyclic) bond motifs is 2. The largest absolute Gasteiger partial charge is 0.490 e. The first-order chi connectivity index (χ1) is 17.0. The lowest BCUT2D eigenvalue weighted by Gasteiger charge is -2.23. The van der Waals surface area contributed by atoms with Crippen molar-refractivity contribution in [3.8, 4) is 11.5 Å². The van der Waals surface area contributed by atoms with E-state index < -0.39 is 11.9 Å². The van der Waals surface area contributed by atoms with Gasteiger partial charge in [-0.05, 0) is 49.2 Å². The molecule has 0 saturated heterocycles. The van der Waals surface area contributed by atoms with Crippen molar-refractivity contribution in [2.75, 3.05) is 18.1 Å². The molecule has 2 aromatic heterocycles. The summed E-state index contributed by atoms with van der Waals surface area (Å²) in [5.41, 5.74) is 2.38. The summed E-state index contributed by atoms with van der Waals surface area (Å²) in [6, 6.07) is 9.40. The van der Waals surface area contributed by atoms with Crippen LogP contribution in [0.5, 0.6) is 11.5 Å². The number of hydrogen-bond acceptors (Lipinski definition) is 8. The van der Waals surface area contributed by atoms with Gasteiger partial charge in [0.05, 0.1) is 30.2 Å². The standard InChI is InChI=1S/C25H22ClN3O5S/c1-3-5-10-33-18-8-6-14(11-19(18)32-4-2)21-20-22(30)16-12-15(26)7-9-17(16)34-23(20)24(31)29(21)25-28-27-13-35-25/h6-9,11-13,21H,3-5,10H2,1-2H3. The van der Waals surface area contributed by atoms with Gasteiger partial charge in [-0.3, -0.25) is 14.5 Å². The molecule has 1 amide bonds. The maximum absolute atomic E-state index is 13.7. The summed E-state index contributed by atoms with van der Waals surface area (Å²) in [5.74, 6) is 0.656. The van der Waals surface area contributed by atoms with Crippen molar-refractivity contribution in [2.24, 2.45) is 0 Å². The predicted octanol–water partition coefficient (Wildman–Crippen LogP) is 5.63. The first-order valence-corrected chi connectivity index (χ1v) is 12.5. The SMILES string of the molecule is CCCCOc1ccc(C2c3c(oc4ccc(Cl)cc4c3=O)C(=O)N2c2nncs2)cc1OCC. The normalized spacial score (nSPS) is 15.0. The number of rotatable bonds is 8. The molecule has 1 atom stereocenters. The predicted molar refractivity (Wildman–Crippen MR) is 134 cm³/mol. The van der Waals surface area contributed by atoms with E-state index >= 15 is 0 Å². The number of aromatic nitrogens is 2. The molecule has 1 aliphatic rings. The quantitative estimate of drug-likeness (QED) is 0.283. The number of unbranched alkanes of at least 4 members (excludes halogenated alkanes) is 1. The van der Waals surface area contributed by atoms with Gasteiger partial charge in [0.2, 0.25) is 10.9 Å². The lowest BCUT2D eigenvalue weighted by molar-refractivity contribution is 0.0970. The number of hydrogen-bond donors (Lipinski definition) is 0. The van der Waals surface area contributed by atoms with Crippen molar-refractivity contribution < 1.29 is 18.7 Å². The Bertz CT molecular complexity index is 1450. The molecule has 5 rings (SSSR count). The molecule has 0 spiro atoms. The lowest BCUT2D eigenvalue weighted by atomic mass is 9.98. The van der Waals surface area contributed by atoms with Crippen molar-refractivity contribution in [1.82, 2.24) is 10.2 Å². The van der Waals surface area contributed by atoms with Crippen molar-refractivity contribution in [3.05, 3.63) is 74.0 Å². The van der Waals surface area contributed by atoms with E-state index in [2.05, 4.69) is 17.1 Å². The number of carbonyl (C=O) groups is 1. The highest BCUT2D eigenvalue weighted by atomic mass is 35.5. The highest BCUT2D eigenvalue weighted by Gasteiger charge is 2.45. The average molecular weight is 512 g/mol. The van der Waals surface area contributed by atoms with Gasteiger partial charge in [-0.25, -0.2) is 0 Å². The molecule has 180 valence electrons. The number of halogens is 1. The van der Waals surface area contributed by atoms with Crippen LogP contribution in [-0.4, -0.2) is 29.3 Å². The summed E-state index contributed by atoms with van der Waals surface area (Å²) >= 11 is 7.35. The molecule has 0 aliphatic carbocycles. The Morgan fingerprint density at radius 1 is 1.11 bits per heavy atom. The third-order valence-corrected chi connectivity index (χ3v) is 6.65. The van der Waals surface area contributed by atoms with Gasteiger partial charge in [-0.2, -0.15) is 0 Å². The van der Waals surface area contributed by atoms with Crippen LogP contribution in [0, 0.1) is 0 Å². The van der Waals surface area contributed by atoms with E-state index in [0.29, 0.717) is 51.4 Å². The molecule has 0 bridgehead atoms. The van der Waals surface area contributed by atoms with E-state index in [1.807, 2.05) is 13.0 Å². The molecule has 4 aromatic rings. The fraction of sp³-hybridized carbons (Fsp3) is 0.280. The molecule has 1 unspecified atom stereocenters. The average Bonchev–Trinajstić information content (AvgIpc) is 3.47. The molecule has 3 heterocycles. The molecule has 0 radical (unpaired) electrons. The van der Waals surface area contributed by atoms with Gasteiger partial charge < -0.3 is 13.9 Å². The summed E-state index contributed by atoms with van der Waals surface area (Å²) < 4.78 is 17.7. The summed E-state index contributed by atoms with van der Waals surface area (Å²) in [4.78, 5) is 28.7. The van der Waals surface area contributed by atoms with E-state index in [1.165, 1.54) is 21.7 Å². The molecule has 10 heteroatoms. The number of nitrogens with zero attached hydrogens (tertiary/aromatic N) is 3. The zero-order valence-corrected chi connectivity index (χ0v) is 20.7. The highest BCUT2D eigenvalue weighted by Crippen LogP contribution is 2.43. The van der Waals surface area contributed by atoms with Crippen LogP contribution in [0.25, 0.3) is 11.0 Å². The van der Waals surface area contributed by atoms with E-state index in [-0.39, 0.29) is 16.8 Å². The van der Waals surface area contributed by atoms with Crippen molar-refractivity contribution in [3.63, 3.8) is 0 Å². The van der Waals surface area contributed by atoms with Crippen LogP contribution in [0.4, 0.5) is 5.13 Å². The summed E-state index contributed by atoms with van der Waals surface area (Å²) in [7, 11) is 0. The van der Waals surface area contributed by atoms with E-state index in [4.69, 9.17) is 25.5 Å². The van der Waals surface area contributed by atoms with Gasteiger partial charge in [0.25, 0.3) is 5.91 Å². The van der Waals surface area contributed by atoms with Gasteiger partial charge in [0.1, 0.15) is 11.1 Å². The Hall–Kier alpha value is -3.43. The number of benzene rings is 2. The van der Waals surface area contributed by atoms with Crippen LogP contribution in [0.3, 0.4) is 0 Å². The van der Waals surface area contributed by atoms with Crippen LogP contribution in [0.1, 0.15) is 54.4 Å². The number of carbonyl (C=O) groups excluding carboxylic acids is 1. The van der Waals surface area contributed by atoms with Crippen LogP contribution in [0.15, 0.2) is 51.1 Å². The minimum absolute atomic E-state index is 0.0220. The molecular weight excluding hydrogens is 490 g/mol. The van der Waals surface area contributed by atoms with Crippen LogP contribution in [0.2, 0.25) is 5.02 Å². The fourth-order valence-corrected chi connectivity index (χ4v) is 4.90. The minimum atomic E-state index is -0.783. The van der Waals surface area contributed by atoms with Crippen LogP contribution >= 0.6 is 22.9 Å². The van der Waals surface area contributed by atoms with Crippen LogP contribution in [-0.2, 0) is 0 Å². The Kier molecular flexibility index (Phi) is 6.44. The fourth-order valence-electron chi connectivity index (χ4n) is 4.14. The second kappa shape index (κ2) is 9.67. The third kappa shape index (κ3) is 4.15. The first-order valence-electron chi connectivity index (χ1n) is 11.3. The lowest BCUT2D eigenvalue weighted by Crippen LogP contribution is -2.29. The first kappa shape index (κ1) is 23.3. The van der Waals surface area contributed by atoms with Crippen molar-refractivity contribution in [1.29, 1.82) is 0 Å². The summed E-state index contributed by atoms with van der Waals surface area (Å²) in [6.07, 6.45) is 1.92. The Labute approximate surface area is 210 Å². The van der Waals surface area contributed by atoms with Gasteiger partial charge in [0.15, 0.2) is 16.9 Å². The summed E-state index contributed by atoms with van der Waals surface area (Å²) in [5, 5.41) is 9.05. The Balaban J connectivity index is 1.70. The maximum Gasteiger partial charge on any atom is 0.297 e. The molecule has 35 heavy (non-hydrogen) atoms. The van der Waals surface area contributed by atoms with E-state index in [9.17, 15) is 9.59 Å². The monoisotopic (exact) mass is 511 g/mol. The highest BCUT2D eigenvalue weighted by molar-refractivity contribution is 7.13. The molecule has 2 aromatic carbocycles. The molecular formula is C25H22ClN3O5S. The van der Waals surface area contributed by atoms with E-state index in [1.54, 1.807) is 30.3 Å². The molecule has 1 aliphatic heterocycles. The Morgan fingerprint density at radius 2 is 1.97 bits per heavy atom. The van der Waals surface area contributed by atoms with Gasteiger partial charge in [-0.1, -0.05) is 42.3 Å². The molecule has 0 fully saturated rings. The number of ether oxygens (including phenoxy) is 2. The minimum Gasteiger partial charge on any atom is -0.490 e. The summed E-state index contributed by atoms with van der Waals surface area (Å²) in [6.45, 7) is 4.97. The Morgan fingerprint density at radius 3 is 2.71 bits per heavy atom. The van der Waals surface area contributed by atoms with Gasteiger partial charge in [-0.15, -0.1) is 10.2 Å². The van der Waals surface area contributed by atoms with Crippen LogP contribution < -0.4 is 19.8 Å². The third-order valence-electron chi connectivity index (χ3n) is 5.73. The second-order valence-electron chi connectivity index (χ2n) is 7.95.